The lowest BCUT2D eigenvalue weighted by Crippen LogP contribution is -2.10. The van der Waals surface area contributed by atoms with Crippen LogP contribution in [0.1, 0.15) is 59.3 Å². The zero-order chi connectivity index (χ0) is 12.4. The maximum Gasteiger partial charge on any atom is 0.313 e. The molecule has 0 bridgehead atoms. The van der Waals surface area contributed by atoms with Gasteiger partial charge in [0.15, 0.2) is 0 Å². The summed E-state index contributed by atoms with van der Waals surface area (Å²) in [6.45, 7) is 6.49. The van der Waals surface area contributed by atoms with Gasteiger partial charge in [0.1, 0.15) is 12.2 Å². The van der Waals surface area contributed by atoms with Gasteiger partial charge in [-0.2, -0.15) is 0 Å². The average molecular weight is 228 g/mol. The highest BCUT2D eigenvalue weighted by Gasteiger charge is 2.09. The van der Waals surface area contributed by atoms with E-state index >= 15 is 0 Å². The number of Topliss-reactive ketones (excluding diaryl/α,β-unsaturated/α-hetero) is 1. The van der Waals surface area contributed by atoms with Crippen LogP contribution in [0, 0.1) is 5.92 Å². The number of esters is 1. The fraction of sp³-hybridized carbons (Fsp3) is 0.846. The molecule has 0 fully saturated rings. The van der Waals surface area contributed by atoms with Crippen LogP contribution < -0.4 is 0 Å². The fourth-order valence-electron chi connectivity index (χ4n) is 1.48. The van der Waals surface area contributed by atoms with Gasteiger partial charge in [0.25, 0.3) is 0 Å². The van der Waals surface area contributed by atoms with E-state index in [0.29, 0.717) is 13.0 Å². The van der Waals surface area contributed by atoms with Crippen molar-refractivity contribution in [3.8, 4) is 0 Å². The number of carbonyl (C=O) groups excluding carboxylic acids is 2. The number of hydrogen-bond acceptors (Lipinski definition) is 3. The van der Waals surface area contributed by atoms with Gasteiger partial charge in [-0.15, -0.1) is 0 Å². The number of rotatable bonds is 9. The molecule has 0 aliphatic heterocycles. The molecule has 3 heteroatoms. The molecule has 0 aromatic rings. The van der Waals surface area contributed by atoms with Crippen LogP contribution in [0.15, 0.2) is 0 Å². The van der Waals surface area contributed by atoms with E-state index < -0.39 is 5.97 Å². The largest absolute Gasteiger partial charge is 0.466 e. The lowest BCUT2D eigenvalue weighted by atomic mass is 10.00. The van der Waals surface area contributed by atoms with Crippen LogP contribution >= 0.6 is 0 Å². The molecular weight excluding hydrogens is 204 g/mol. The summed E-state index contributed by atoms with van der Waals surface area (Å²) in [5.41, 5.74) is 0. The predicted octanol–water partition coefficient (Wildman–Crippen LogP) is 3.12. The summed E-state index contributed by atoms with van der Waals surface area (Å²) in [7, 11) is 0. The predicted molar refractivity (Wildman–Crippen MR) is 64.2 cm³/mol. The minimum atomic E-state index is -0.394. The monoisotopic (exact) mass is 228 g/mol. The summed E-state index contributed by atoms with van der Waals surface area (Å²) in [4.78, 5) is 22.3. The smallest absolute Gasteiger partial charge is 0.313 e. The van der Waals surface area contributed by atoms with Gasteiger partial charge in [-0.05, 0) is 19.3 Å². The molecule has 0 aromatic heterocycles. The summed E-state index contributed by atoms with van der Waals surface area (Å²) in [5.74, 6) is 0.345. The second kappa shape index (κ2) is 9.37. The van der Waals surface area contributed by atoms with Crippen LogP contribution in [0.25, 0.3) is 0 Å². The Bertz CT molecular complexity index is 211. The molecule has 0 saturated carbocycles. The Morgan fingerprint density at radius 2 is 1.88 bits per heavy atom. The van der Waals surface area contributed by atoms with Crippen LogP contribution in [0.2, 0.25) is 0 Å². The number of hydrogen-bond donors (Lipinski definition) is 0. The molecule has 0 saturated heterocycles. The van der Waals surface area contributed by atoms with E-state index in [-0.39, 0.29) is 12.2 Å². The molecule has 0 radical (unpaired) electrons. The maximum absolute atomic E-state index is 11.3. The third-order valence-corrected chi connectivity index (χ3v) is 2.75. The minimum absolute atomic E-state index is 0.00241. The molecule has 0 rings (SSSR count). The Balaban J connectivity index is 3.47. The lowest BCUT2D eigenvalue weighted by Gasteiger charge is -2.07. The summed E-state index contributed by atoms with van der Waals surface area (Å²) in [5, 5.41) is 0. The molecule has 0 aliphatic carbocycles. The van der Waals surface area contributed by atoms with E-state index in [4.69, 9.17) is 4.74 Å². The van der Waals surface area contributed by atoms with Crippen molar-refractivity contribution in [1.29, 1.82) is 0 Å². The van der Waals surface area contributed by atoms with E-state index in [1.807, 2.05) is 0 Å². The van der Waals surface area contributed by atoms with Crippen molar-refractivity contribution >= 4 is 11.8 Å². The van der Waals surface area contributed by atoms with Crippen LogP contribution in [0.5, 0.6) is 0 Å². The Morgan fingerprint density at radius 3 is 2.44 bits per heavy atom. The van der Waals surface area contributed by atoms with Gasteiger partial charge in [-0.3, -0.25) is 9.59 Å². The number of carbonyl (C=O) groups is 2. The molecule has 3 nitrogen and oxygen atoms in total. The number of ether oxygens (including phenoxy) is 1. The standard InChI is InChI=1S/C13H24O3/c1-4-11(3)8-6-7-9-12(14)10-13(15)16-5-2/h11H,4-10H2,1-3H3. The first-order chi connectivity index (χ1) is 7.60. The fourth-order valence-corrected chi connectivity index (χ4v) is 1.48. The molecule has 0 heterocycles. The lowest BCUT2D eigenvalue weighted by molar-refractivity contribution is -0.145. The average Bonchev–Trinajstić information content (AvgIpc) is 2.24. The molecule has 94 valence electrons. The van der Waals surface area contributed by atoms with E-state index in [1.165, 1.54) is 12.8 Å². The van der Waals surface area contributed by atoms with Crippen molar-refractivity contribution in [2.45, 2.75) is 59.3 Å². The highest BCUT2D eigenvalue weighted by Crippen LogP contribution is 2.12. The second-order valence-electron chi connectivity index (χ2n) is 4.28. The van der Waals surface area contributed by atoms with Crippen molar-refractivity contribution in [2.24, 2.45) is 5.92 Å². The van der Waals surface area contributed by atoms with Crippen molar-refractivity contribution < 1.29 is 14.3 Å². The normalized spacial score (nSPS) is 12.2. The van der Waals surface area contributed by atoms with Crippen molar-refractivity contribution in [3.05, 3.63) is 0 Å². The van der Waals surface area contributed by atoms with Crippen molar-refractivity contribution in [2.75, 3.05) is 6.61 Å². The van der Waals surface area contributed by atoms with Gasteiger partial charge in [0, 0.05) is 6.42 Å². The zero-order valence-electron chi connectivity index (χ0n) is 10.8. The van der Waals surface area contributed by atoms with Crippen LogP contribution in [-0.2, 0) is 14.3 Å². The first-order valence-electron chi connectivity index (χ1n) is 6.27. The molecule has 1 atom stereocenters. The van der Waals surface area contributed by atoms with E-state index in [0.717, 1.165) is 18.8 Å². The topological polar surface area (TPSA) is 43.4 Å². The zero-order valence-corrected chi connectivity index (χ0v) is 10.8. The SMILES string of the molecule is CCOC(=O)CC(=O)CCCCC(C)CC. The third-order valence-electron chi connectivity index (χ3n) is 2.75. The van der Waals surface area contributed by atoms with Gasteiger partial charge in [0.2, 0.25) is 0 Å². The van der Waals surface area contributed by atoms with Crippen LogP contribution in [0.3, 0.4) is 0 Å². The maximum atomic E-state index is 11.3. The summed E-state index contributed by atoms with van der Waals surface area (Å²) < 4.78 is 4.71. The van der Waals surface area contributed by atoms with Gasteiger partial charge >= 0.3 is 5.97 Å². The van der Waals surface area contributed by atoms with Gasteiger partial charge in [-0.25, -0.2) is 0 Å². The molecule has 0 aromatic carbocycles. The highest BCUT2D eigenvalue weighted by molar-refractivity contribution is 5.95. The first-order valence-corrected chi connectivity index (χ1v) is 6.27. The third kappa shape index (κ3) is 8.45. The van der Waals surface area contributed by atoms with E-state index in [1.54, 1.807) is 6.92 Å². The quantitative estimate of drug-likeness (QED) is 0.346. The number of unbranched alkanes of at least 4 members (excludes halogenated alkanes) is 1. The second-order valence-corrected chi connectivity index (χ2v) is 4.28. The van der Waals surface area contributed by atoms with Gasteiger partial charge in [-0.1, -0.05) is 33.1 Å². The van der Waals surface area contributed by atoms with E-state index in [2.05, 4.69) is 13.8 Å². The Kier molecular flexibility index (Phi) is 8.87. The Hall–Kier alpha value is -0.860. The minimum Gasteiger partial charge on any atom is -0.466 e. The van der Waals surface area contributed by atoms with Gasteiger partial charge in [0.05, 0.1) is 6.61 Å². The Morgan fingerprint density at radius 1 is 1.19 bits per heavy atom. The van der Waals surface area contributed by atoms with Crippen molar-refractivity contribution in [1.82, 2.24) is 0 Å². The molecule has 0 spiro atoms. The van der Waals surface area contributed by atoms with Crippen LogP contribution in [-0.4, -0.2) is 18.4 Å². The Labute approximate surface area is 98.6 Å². The molecule has 0 N–H and O–H groups in total. The summed E-state index contributed by atoms with van der Waals surface area (Å²) in [6.07, 6.45) is 4.78. The molecule has 0 amide bonds. The summed E-state index contributed by atoms with van der Waals surface area (Å²) in [6, 6.07) is 0. The highest BCUT2D eigenvalue weighted by atomic mass is 16.5. The first kappa shape index (κ1) is 15.1. The van der Waals surface area contributed by atoms with E-state index in [9.17, 15) is 9.59 Å². The molecule has 0 aliphatic rings. The molecule has 1 unspecified atom stereocenters. The van der Waals surface area contributed by atoms with Crippen molar-refractivity contribution in [3.63, 3.8) is 0 Å². The summed E-state index contributed by atoms with van der Waals surface area (Å²) >= 11 is 0. The molecular formula is C13H24O3. The molecule has 16 heavy (non-hydrogen) atoms. The van der Waals surface area contributed by atoms with Gasteiger partial charge < -0.3 is 4.74 Å². The number of ketones is 1. The van der Waals surface area contributed by atoms with Crippen LogP contribution in [0.4, 0.5) is 0 Å².